The Morgan fingerprint density at radius 1 is 0.964 bits per heavy atom. The van der Waals surface area contributed by atoms with Gasteiger partial charge < -0.3 is 18.9 Å². The van der Waals surface area contributed by atoms with E-state index in [0.717, 1.165) is 28.1 Å². The Labute approximate surface area is 167 Å². The lowest BCUT2D eigenvalue weighted by atomic mass is 10.1. The molecule has 0 bridgehead atoms. The molecule has 0 spiro atoms. The largest absolute Gasteiger partial charge is 0.489 e. The number of rotatable bonds is 6. The molecule has 0 amide bonds. The molecule has 0 saturated heterocycles. The molecule has 4 rings (SSSR count). The highest BCUT2D eigenvalue weighted by molar-refractivity contribution is 7.71. The highest BCUT2D eigenvalue weighted by Gasteiger charge is 2.14. The summed E-state index contributed by atoms with van der Waals surface area (Å²) >= 11 is 5.20. The number of ether oxygens (including phenoxy) is 2. The summed E-state index contributed by atoms with van der Waals surface area (Å²) in [6, 6.07) is 21.5. The Morgan fingerprint density at radius 2 is 1.71 bits per heavy atom. The fourth-order valence-electron chi connectivity index (χ4n) is 2.83. The van der Waals surface area contributed by atoms with Crippen molar-refractivity contribution < 1.29 is 13.9 Å². The lowest BCUT2D eigenvalue weighted by Crippen LogP contribution is -1.94. The third kappa shape index (κ3) is 3.97. The van der Waals surface area contributed by atoms with Gasteiger partial charge in [0.2, 0.25) is 5.88 Å². The van der Waals surface area contributed by atoms with Gasteiger partial charge in [-0.05, 0) is 48.1 Å². The normalized spacial score (nSPS) is 10.6. The predicted octanol–water partition coefficient (Wildman–Crippen LogP) is 5.65. The van der Waals surface area contributed by atoms with Crippen LogP contribution in [0.4, 0.5) is 0 Å². The molecule has 0 radical (unpaired) electrons. The van der Waals surface area contributed by atoms with E-state index in [-0.39, 0.29) is 0 Å². The second kappa shape index (κ2) is 8.10. The molecule has 1 N–H and O–H groups in total. The van der Waals surface area contributed by atoms with Crippen molar-refractivity contribution in [2.75, 3.05) is 7.11 Å². The SMILES string of the molecule is COc1ccc(-c2[nH]c(=S)oc2-c2ccc(OCc3ccccc3)cc2)cn1. The van der Waals surface area contributed by atoms with Crippen molar-refractivity contribution in [1.82, 2.24) is 9.97 Å². The van der Waals surface area contributed by atoms with E-state index in [4.69, 9.17) is 26.1 Å². The van der Waals surface area contributed by atoms with E-state index >= 15 is 0 Å². The van der Waals surface area contributed by atoms with Crippen LogP contribution in [-0.4, -0.2) is 17.1 Å². The number of hydrogen-bond acceptors (Lipinski definition) is 5. The number of nitrogens with zero attached hydrogens (tertiary/aromatic N) is 1. The van der Waals surface area contributed by atoms with E-state index in [0.29, 0.717) is 23.1 Å². The Bertz CT molecular complexity index is 1100. The van der Waals surface area contributed by atoms with Crippen molar-refractivity contribution in [2.24, 2.45) is 0 Å². The molecule has 6 heteroatoms. The molecule has 0 aliphatic carbocycles. The number of H-pyrrole nitrogens is 1. The topological polar surface area (TPSA) is 60.3 Å². The lowest BCUT2D eigenvalue weighted by Gasteiger charge is -2.07. The lowest BCUT2D eigenvalue weighted by molar-refractivity contribution is 0.306. The molecule has 5 nitrogen and oxygen atoms in total. The summed E-state index contributed by atoms with van der Waals surface area (Å²) in [5.74, 6) is 1.99. The molecule has 0 fully saturated rings. The minimum absolute atomic E-state index is 0.310. The molecule has 2 aromatic carbocycles. The Kier molecular flexibility index (Phi) is 5.21. The highest BCUT2D eigenvalue weighted by Crippen LogP contribution is 2.32. The highest BCUT2D eigenvalue weighted by atomic mass is 32.1. The van der Waals surface area contributed by atoms with Crippen LogP contribution in [-0.2, 0) is 6.61 Å². The van der Waals surface area contributed by atoms with Gasteiger partial charge in [-0.3, -0.25) is 0 Å². The molecule has 0 aliphatic heterocycles. The molecule has 0 unspecified atom stereocenters. The molecule has 0 saturated carbocycles. The second-order valence-electron chi connectivity index (χ2n) is 6.11. The van der Waals surface area contributed by atoms with Crippen LogP contribution in [0.2, 0.25) is 0 Å². The summed E-state index contributed by atoms with van der Waals surface area (Å²) in [4.78, 5) is 7.65. The fraction of sp³-hybridized carbons (Fsp3) is 0.0909. The van der Waals surface area contributed by atoms with E-state index in [1.165, 1.54) is 0 Å². The first kappa shape index (κ1) is 18.0. The monoisotopic (exact) mass is 390 g/mol. The average Bonchev–Trinajstić information content (AvgIpc) is 3.15. The van der Waals surface area contributed by atoms with Gasteiger partial charge in [-0.25, -0.2) is 4.98 Å². The molecule has 2 aromatic heterocycles. The molecular weight excluding hydrogens is 372 g/mol. The minimum Gasteiger partial charge on any atom is -0.489 e. The Morgan fingerprint density at radius 3 is 2.39 bits per heavy atom. The van der Waals surface area contributed by atoms with E-state index < -0.39 is 0 Å². The van der Waals surface area contributed by atoms with Crippen LogP contribution < -0.4 is 9.47 Å². The van der Waals surface area contributed by atoms with Crippen LogP contribution in [0.15, 0.2) is 77.3 Å². The number of benzene rings is 2. The zero-order valence-electron chi connectivity index (χ0n) is 15.2. The van der Waals surface area contributed by atoms with Crippen LogP contribution in [0.3, 0.4) is 0 Å². The first-order valence-corrected chi connectivity index (χ1v) is 9.14. The van der Waals surface area contributed by atoms with Gasteiger partial charge in [-0.2, -0.15) is 0 Å². The Hall–Kier alpha value is -3.38. The van der Waals surface area contributed by atoms with Gasteiger partial charge in [0.25, 0.3) is 4.84 Å². The van der Waals surface area contributed by atoms with Crippen LogP contribution in [0.1, 0.15) is 5.56 Å². The summed E-state index contributed by atoms with van der Waals surface area (Å²) in [7, 11) is 1.58. The third-order valence-electron chi connectivity index (χ3n) is 4.25. The smallest absolute Gasteiger partial charge is 0.266 e. The van der Waals surface area contributed by atoms with Gasteiger partial charge in [0.05, 0.1) is 12.8 Å². The fourth-order valence-corrected chi connectivity index (χ4v) is 3.01. The van der Waals surface area contributed by atoms with Crippen LogP contribution in [0.5, 0.6) is 11.6 Å². The first-order chi connectivity index (χ1) is 13.7. The van der Waals surface area contributed by atoms with E-state index in [1.807, 2.05) is 60.7 Å². The average molecular weight is 390 g/mol. The summed E-state index contributed by atoms with van der Waals surface area (Å²) in [5.41, 5.74) is 3.65. The first-order valence-electron chi connectivity index (χ1n) is 8.73. The van der Waals surface area contributed by atoms with Crippen molar-refractivity contribution in [3.8, 4) is 34.2 Å². The van der Waals surface area contributed by atoms with E-state index in [2.05, 4.69) is 9.97 Å². The number of aromatic nitrogens is 2. The van der Waals surface area contributed by atoms with Crippen molar-refractivity contribution in [2.45, 2.75) is 6.61 Å². The maximum absolute atomic E-state index is 5.85. The zero-order chi connectivity index (χ0) is 19.3. The summed E-state index contributed by atoms with van der Waals surface area (Å²) in [6.07, 6.45) is 1.72. The van der Waals surface area contributed by atoms with Crippen molar-refractivity contribution >= 4 is 12.2 Å². The van der Waals surface area contributed by atoms with E-state index in [9.17, 15) is 0 Å². The molecule has 0 atom stereocenters. The van der Waals surface area contributed by atoms with Crippen LogP contribution in [0, 0.1) is 4.84 Å². The molecule has 0 aliphatic rings. The van der Waals surface area contributed by atoms with Gasteiger partial charge in [-0.1, -0.05) is 30.3 Å². The number of aromatic amines is 1. The molecule has 2 heterocycles. The maximum atomic E-state index is 5.85. The van der Waals surface area contributed by atoms with Gasteiger partial charge in [0, 0.05) is 23.4 Å². The minimum atomic E-state index is 0.310. The number of methoxy groups -OCH3 is 1. The van der Waals surface area contributed by atoms with Gasteiger partial charge in [-0.15, -0.1) is 0 Å². The standard InChI is InChI=1S/C22H18N2O3S/c1-25-19-12-9-17(13-23-19)20-21(27-22(28)24-20)16-7-10-18(11-8-16)26-14-15-5-3-2-4-6-15/h2-13H,14H2,1H3,(H,24,28). The summed E-state index contributed by atoms with van der Waals surface area (Å²) < 4.78 is 16.7. The van der Waals surface area contributed by atoms with Gasteiger partial charge in [0.1, 0.15) is 12.4 Å². The third-order valence-corrected chi connectivity index (χ3v) is 4.43. The Balaban J connectivity index is 1.56. The molecule has 140 valence electrons. The maximum Gasteiger partial charge on any atom is 0.266 e. The number of nitrogens with one attached hydrogen (secondary N) is 1. The van der Waals surface area contributed by atoms with Crippen LogP contribution in [0.25, 0.3) is 22.6 Å². The van der Waals surface area contributed by atoms with Crippen LogP contribution >= 0.6 is 12.2 Å². The van der Waals surface area contributed by atoms with Gasteiger partial charge >= 0.3 is 0 Å². The molecule has 4 aromatic rings. The number of pyridine rings is 1. The number of hydrogen-bond donors (Lipinski definition) is 1. The number of oxazole rings is 1. The summed E-state index contributed by atoms with van der Waals surface area (Å²) in [5, 5.41) is 0. The summed E-state index contributed by atoms with van der Waals surface area (Å²) in [6.45, 7) is 0.522. The molecule has 28 heavy (non-hydrogen) atoms. The van der Waals surface area contributed by atoms with E-state index in [1.54, 1.807) is 19.4 Å². The van der Waals surface area contributed by atoms with Crippen molar-refractivity contribution in [1.29, 1.82) is 0 Å². The second-order valence-corrected chi connectivity index (χ2v) is 6.48. The quantitative estimate of drug-likeness (QED) is 0.431. The molecular formula is C22H18N2O3S. The predicted molar refractivity (Wildman–Crippen MR) is 110 cm³/mol. The zero-order valence-corrected chi connectivity index (χ0v) is 16.0. The van der Waals surface area contributed by atoms with Crippen molar-refractivity contribution in [3.05, 3.63) is 83.3 Å². The van der Waals surface area contributed by atoms with Gasteiger partial charge in [0.15, 0.2) is 5.76 Å². The van der Waals surface area contributed by atoms with Crippen molar-refractivity contribution in [3.63, 3.8) is 0 Å².